The van der Waals surface area contributed by atoms with Gasteiger partial charge in [-0.05, 0) is 24.8 Å². The molecule has 0 saturated heterocycles. The molecule has 0 aliphatic carbocycles. The summed E-state index contributed by atoms with van der Waals surface area (Å²) in [5, 5.41) is 21.5. The van der Waals surface area contributed by atoms with Gasteiger partial charge in [0, 0.05) is 18.2 Å². The highest BCUT2D eigenvalue weighted by molar-refractivity contribution is 8.13. The summed E-state index contributed by atoms with van der Waals surface area (Å²) in [5.41, 5.74) is 0.466. The van der Waals surface area contributed by atoms with Gasteiger partial charge in [-0.15, -0.1) is 11.3 Å². The number of carbonyl (C=O) groups excluding carboxylic acids is 2. The molecule has 2 N–H and O–H groups in total. The molecule has 0 fully saturated rings. The minimum atomic E-state index is -1.08. The Balaban J connectivity index is 2.62. The zero-order chi connectivity index (χ0) is 13.7. The zero-order valence-corrected chi connectivity index (χ0v) is 11.9. The lowest BCUT2D eigenvalue weighted by atomic mass is 10.0. The highest BCUT2D eigenvalue weighted by Gasteiger charge is 2.23. The summed E-state index contributed by atoms with van der Waals surface area (Å²) in [4.78, 5) is 22.5. The van der Waals surface area contributed by atoms with Gasteiger partial charge in [-0.3, -0.25) is 9.59 Å². The molecule has 0 aliphatic rings. The number of Topliss-reactive ketones (excluding diaryl/α,β-unsaturated/α-hetero) is 1. The van der Waals surface area contributed by atoms with Gasteiger partial charge >= 0.3 is 0 Å². The van der Waals surface area contributed by atoms with E-state index in [4.69, 9.17) is 0 Å². The van der Waals surface area contributed by atoms with E-state index in [1.165, 1.54) is 25.2 Å². The van der Waals surface area contributed by atoms with Gasteiger partial charge in [0.2, 0.25) is 0 Å². The number of rotatable bonds is 6. The van der Waals surface area contributed by atoms with Crippen LogP contribution >= 0.6 is 23.1 Å². The van der Waals surface area contributed by atoms with Crippen molar-refractivity contribution in [1.82, 2.24) is 0 Å². The van der Waals surface area contributed by atoms with Crippen LogP contribution < -0.4 is 0 Å². The minimum Gasteiger partial charge on any atom is -0.390 e. The number of aliphatic hydroxyl groups excluding tert-OH is 2. The first-order valence-corrected chi connectivity index (χ1v) is 7.37. The molecular weight excluding hydrogens is 272 g/mol. The molecule has 2 unspecified atom stereocenters. The molecule has 0 saturated carbocycles. The first-order chi connectivity index (χ1) is 8.43. The lowest BCUT2D eigenvalue weighted by Crippen LogP contribution is -2.20. The van der Waals surface area contributed by atoms with Crippen molar-refractivity contribution in [3.8, 4) is 0 Å². The second-order valence-electron chi connectivity index (χ2n) is 3.90. The Kier molecular flexibility index (Phi) is 6.01. The van der Waals surface area contributed by atoms with Crippen molar-refractivity contribution in [2.45, 2.75) is 32.5 Å². The molecule has 6 heteroatoms. The lowest BCUT2D eigenvalue weighted by Gasteiger charge is -2.17. The van der Waals surface area contributed by atoms with Gasteiger partial charge in [-0.1, -0.05) is 11.8 Å². The van der Waals surface area contributed by atoms with Crippen LogP contribution in [0, 0.1) is 0 Å². The summed E-state index contributed by atoms with van der Waals surface area (Å²) in [6.07, 6.45) is -1.74. The van der Waals surface area contributed by atoms with Crippen LogP contribution in [0.4, 0.5) is 0 Å². The second-order valence-corrected chi connectivity index (χ2v) is 6.09. The van der Waals surface area contributed by atoms with E-state index in [2.05, 4.69) is 0 Å². The summed E-state index contributed by atoms with van der Waals surface area (Å²) in [6, 6.07) is 1.65. The molecular formula is C12H16O4S2. The van der Waals surface area contributed by atoms with E-state index in [1.54, 1.807) is 11.4 Å². The molecule has 1 heterocycles. The second kappa shape index (κ2) is 7.04. The van der Waals surface area contributed by atoms with Crippen molar-refractivity contribution in [2.24, 2.45) is 0 Å². The van der Waals surface area contributed by atoms with Gasteiger partial charge in [-0.25, -0.2) is 0 Å². The highest BCUT2D eigenvalue weighted by atomic mass is 32.2. The molecule has 2 atom stereocenters. The smallest absolute Gasteiger partial charge is 0.185 e. The average molecular weight is 288 g/mol. The molecule has 0 aromatic carbocycles. The third kappa shape index (κ3) is 4.20. The van der Waals surface area contributed by atoms with Crippen LogP contribution in [-0.4, -0.2) is 33.0 Å². The van der Waals surface area contributed by atoms with E-state index < -0.39 is 12.2 Å². The van der Waals surface area contributed by atoms with E-state index >= 15 is 0 Å². The molecule has 100 valence electrons. The number of hydrogen-bond donors (Lipinski definition) is 2. The Morgan fingerprint density at radius 2 is 2.06 bits per heavy atom. The van der Waals surface area contributed by atoms with E-state index in [1.807, 2.05) is 0 Å². The standard InChI is InChI=1S/C12H16O4S2/c1-7(13)12-9(3-5-18-12)11(16)10(15)4-6-17-8(2)14/h3,5,10-11,15-16H,4,6H2,1-2H3. The fourth-order valence-corrected chi connectivity index (χ4v) is 3.02. The maximum atomic E-state index is 11.3. The number of thioether (sulfide) groups is 1. The molecule has 4 nitrogen and oxygen atoms in total. The Labute approximate surface area is 114 Å². The number of ketones is 1. The SMILES string of the molecule is CC(=O)SCCC(O)C(O)c1ccsc1C(C)=O. The largest absolute Gasteiger partial charge is 0.390 e. The molecule has 0 aliphatic heterocycles. The number of aliphatic hydroxyl groups is 2. The number of thiophene rings is 1. The molecule has 0 spiro atoms. The molecule has 1 aromatic heterocycles. The fourth-order valence-electron chi connectivity index (χ4n) is 1.53. The van der Waals surface area contributed by atoms with E-state index in [-0.39, 0.29) is 10.9 Å². The quantitative estimate of drug-likeness (QED) is 0.783. The maximum Gasteiger partial charge on any atom is 0.185 e. The Bertz CT molecular complexity index is 427. The maximum absolute atomic E-state index is 11.3. The van der Waals surface area contributed by atoms with Crippen LogP contribution in [0.25, 0.3) is 0 Å². The van der Waals surface area contributed by atoms with Crippen LogP contribution in [0.3, 0.4) is 0 Å². The van der Waals surface area contributed by atoms with Crippen molar-refractivity contribution in [3.05, 3.63) is 21.9 Å². The van der Waals surface area contributed by atoms with Crippen molar-refractivity contribution >= 4 is 34.0 Å². The monoisotopic (exact) mass is 288 g/mol. The summed E-state index contributed by atoms with van der Waals surface area (Å²) in [5.74, 6) is 0.331. The zero-order valence-electron chi connectivity index (χ0n) is 10.3. The first-order valence-electron chi connectivity index (χ1n) is 5.51. The van der Waals surface area contributed by atoms with Crippen molar-refractivity contribution in [3.63, 3.8) is 0 Å². The third-order valence-corrected chi connectivity index (χ3v) is 4.29. The normalized spacial score (nSPS) is 14.2. The van der Waals surface area contributed by atoms with Gasteiger partial charge in [0.25, 0.3) is 0 Å². The van der Waals surface area contributed by atoms with Crippen molar-refractivity contribution < 1.29 is 19.8 Å². The summed E-state index contributed by atoms with van der Waals surface area (Å²) in [7, 11) is 0. The minimum absolute atomic E-state index is 0.0170. The van der Waals surface area contributed by atoms with Gasteiger partial charge in [0.05, 0.1) is 11.0 Å². The van der Waals surface area contributed by atoms with Crippen LogP contribution in [0.15, 0.2) is 11.4 Å². The summed E-state index contributed by atoms with van der Waals surface area (Å²) < 4.78 is 0. The fraction of sp³-hybridized carbons (Fsp3) is 0.500. The topological polar surface area (TPSA) is 74.6 Å². The van der Waals surface area contributed by atoms with Crippen molar-refractivity contribution in [1.29, 1.82) is 0 Å². The predicted molar refractivity (Wildman–Crippen MR) is 73.0 cm³/mol. The van der Waals surface area contributed by atoms with Gasteiger partial charge in [0.15, 0.2) is 10.9 Å². The Morgan fingerprint density at radius 3 is 2.61 bits per heavy atom. The Morgan fingerprint density at radius 1 is 1.39 bits per heavy atom. The average Bonchev–Trinajstić information content (AvgIpc) is 2.76. The highest BCUT2D eigenvalue weighted by Crippen LogP contribution is 2.27. The summed E-state index contributed by atoms with van der Waals surface area (Å²) in [6.45, 7) is 2.89. The van der Waals surface area contributed by atoms with Crippen LogP contribution in [0.5, 0.6) is 0 Å². The third-order valence-electron chi connectivity index (χ3n) is 2.42. The molecule has 1 rings (SSSR count). The van der Waals surface area contributed by atoms with Gasteiger partial charge < -0.3 is 10.2 Å². The van der Waals surface area contributed by atoms with E-state index in [0.717, 1.165) is 11.8 Å². The summed E-state index contributed by atoms with van der Waals surface area (Å²) >= 11 is 2.36. The van der Waals surface area contributed by atoms with E-state index in [0.29, 0.717) is 22.6 Å². The van der Waals surface area contributed by atoms with Crippen LogP contribution in [0.1, 0.15) is 41.6 Å². The molecule has 0 radical (unpaired) electrons. The number of hydrogen-bond acceptors (Lipinski definition) is 6. The predicted octanol–water partition coefficient (Wildman–Crippen LogP) is 2.01. The molecule has 18 heavy (non-hydrogen) atoms. The van der Waals surface area contributed by atoms with Crippen molar-refractivity contribution in [2.75, 3.05) is 5.75 Å². The molecule has 0 amide bonds. The lowest BCUT2D eigenvalue weighted by molar-refractivity contribution is -0.109. The van der Waals surface area contributed by atoms with Gasteiger partial charge in [0.1, 0.15) is 6.10 Å². The molecule has 1 aromatic rings. The number of carbonyl (C=O) groups is 2. The van der Waals surface area contributed by atoms with Crippen LogP contribution in [0.2, 0.25) is 0 Å². The van der Waals surface area contributed by atoms with Crippen LogP contribution in [-0.2, 0) is 4.79 Å². The van der Waals surface area contributed by atoms with E-state index in [9.17, 15) is 19.8 Å². The Hall–Kier alpha value is -0.690. The van der Waals surface area contributed by atoms with Gasteiger partial charge in [-0.2, -0.15) is 0 Å². The molecule has 0 bridgehead atoms. The first kappa shape index (κ1) is 15.4.